The highest BCUT2D eigenvalue weighted by atomic mass is 16.6. The van der Waals surface area contributed by atoms with Crippen molar-refractivity contribution in [2.45, 2.75) is 44.1 Å². The van der Waals surface area contributed by atoms with Gasteiger partial charge in [0.25, 0.3) is 0 Å². The average molecular weight is 391 g/mol. The Hall–Kier alpha value is -2.82. The Balaban J connectivity index is 1.32. The predicted octanol–water partition coefficient (Wildman–Crippen LogP) is 4.65. The molecular weight excluding hydrogens is 366 g/mol. The SMILES string of the molecule is O=C(O)C1N(C(=O)OCC2c3ccccc3-c3ccccc32)CC12CCCCC2. The largest absolute Gasteiger partial charge is 0.480 e. The molecule has 1 N–H and O–H groups in total. The number of aliphatic carboxylic acids is 1. The van der Waals surface area contributed by atoms with Crippen molar-refractivity contribution in [3.63, 3.8) is 0 Å². The van der Waals surface area contributed by atoms with E-state index >= 15 is 0 Å². The molecule has 0 bridgehead atoms. The van der Waals surface area contributed by atoms with Crippen LogP contribution in [0.5, 0.6) is 0 Å². The van der Waals surface area contributed by atoms with Gasteiger partial charge in [-0.1, -0.05) is 67.8 Å². The number of carboxylic acids is 1. The smallest absolute Gasteiger partial charge is 0.410 e. The van der Waals surface area contributed by atoms with Gasteiger partial charge in [-0.2, -0.15) is 0 Å². The van der Waals surface area contributed by atoms with Crippen LogP contribution in [0.25, 0.3) is 11.1 Å². The van der Waals surface area contributed by atoms with Gasteiger partial charge in [0.1, 0.15) is 12.6 Å². The van der Waals surface area contributed by atoms with Crippen LogP contribution < -0.4 is 0 Å². The number of carbonyl (C=O) groups is 2. The van der Waals surface area contributed by atoms with Gasteiger partial charge < -0.3 is 9.84 Å². The number of likely N-dealkylation sites (tertiary alicyclic amines) is 1. The van der Waals surface area contributed by atoms with Gasteiger partial charge in [-0.3, -0.25) is 4.90 Å². The first-order valence-electron chi connectivity index (χ1n) is 10.5. The summed E-state index contributed by atoms with van der Waals surface area (Å²) in [5, 5.41) is 9.76. The summed E-state index contributed by atoms with van der Waals surface area (Å²) in [5.41, 5.74) is 4.41. The Bertz CT molecular complexity index is 917. The zero-order chi connectivity index (χ0) is 20.0. The minimum absolute atomic E-state index is 0.0143. The molecule has 0 radical (unpaired) electrons. The lowest BCUT2D eigenvalue weighted by molar-refractivity contribution is -0.165. The molecule has 29 heavy (non-hydrogen) atoms. The van der Waals surface area contributed by atoms with Gasteiger partial charge in [0, 0.05) is 17.9 Å². The molecule has 1 heterocycles. The maximum Gasteiger partial charge on any atom is 0.410 e. The van der Waals surface area contributed by atoms with E-state index in [1.807, 2.05) is 24.3 Å². The quantitative estimate of drug-likeness (QED) is 0.827. The van der Waals surface area contributed by atoms with E-state index in [0.29, 0.717) is 6.54 Å². The molecule has 2 aliphatic carbocycles. The average Bonchev–Trinajstić information content (AvgIpc) is 3.04. The van der Waals surface area contributed by atoms with Crippen molar-refractivity contribution in [2.24, 2.45) is 5.41 Å². The summed E-state index contributed by atoms with van der Waals surface area (Å²) in [6, 6.07) is 15.6. The van der Waals surface area contributed by atoms with Crippen LogP contribution in [0.15, 0.2) is 48.5 Å². The van der Waals surface area contributed by atoms with E-state index in [1.54, 1.807) is 0 Å². The van der Waals surface area contributed by atoms with E-state index in [9.17, 15) is 14.7 Å². The highest BCUT2D eigenvalue weighted by Gasteiger charge is 2.58. The molecule has 1 spiro atoms. The van der Waals surface area contributed by atoms with E-state index < -0.39 is 18.1 Å². The van der Waals surface area contributed by atoms with Crippen molar-refractivity contribution in [3.05, 3.63) is 59.7 Å². The van der Waals surface area contributed by atoms with Gasteiger partial charge >= 0.3 is 12.1 Å². The molecule has 1 atom stereocenters. The Morgan fingerprint density at radius 2 is 1.55 bits per heavy atom. The number of nitrogens with zero attached hydrogens (tertiary/aromatic N) is 1. The maximum absolute atomic E-state index is 12.8. The summed E-state index contributed by atoms with van der Waals surface area (Å²) in [6.07, 6.45) is 4.51. The molecule has 150 valence electrons. The lowest BCUT2D eigenvalue weighted by Gasteiger charge is -2.56. The fraction of sp³-hybridized carbons (Fsp3) is 0.417. The standard InChI is InChI=1S/C24H25NO4/c26-22(27)21-24(12-6-1-7-13-24)15-25(21)23(28)29-14-20-18-10-4-2-8-16(18)17-9-3-5-11-19(17)20/h2-5,8-11,20-21H,1,6-7,12-15H2,(H,26,27). The summed E-state index contributed by atoms with van der Waals surface area (Å²) in [6.45, 7) is 0.726. The molecule has 5 nitrogen and oxygen atoms in total. The van der Waals surface area contributed by atoms with Crippen LogP contribution in [0.3, 0.4) is 0 Å². The zero-order valence-corrected chi connectivity index (χ0v) is 16.3. The van der Waals surface area contributed by atoms with Crippen molar-refractivity contribution >= 4 is 12.1 Å². The molecule has 0 aromatic heterocycles. The fourth-order valence-electron chi connectivity index (χ4n) is 5.66. The molecule has 5 rings (SSSR count). The monoisotopic (exact) mass is 391 g/mol. The number of carboxylic acid groups (broad SMARTS) is 1. The van der Waals surface area contributed by atoms with Crippen molar-refractivity contribution in [3.8, 4) is 11.1 Å². The minimum Gasteiger partial charge on any atom is -0.480 e. The second kappa shape index (κ2) is 6.90. The third-order valence-electron chi connectivity index (χ3n) is 7.03. The number of amides is 1. The number of hydrogen-bond donors (Lipinski definition) is 1. The van der Waals surface area contributed by atoms with Gasteiger partial charge in [0.15, 0.2) is 0 Å². The fourth-order valence-corrected chi connectivity index (χ4v) is 5.66. The molecule has 1 aliphatic heterocycles. The zero-order valence-electron chi connectivity index (χ0n) is 16.3. The summed E-state index contributed by atoms with van der Waals surface area (Å²) in [5.74, 6) is -0.925. The molecule has 5 heteroatoms. The highest BCUT2D eigenvalue weighted by molar-refractivity contribution is 5.84. The highest BCUT2D eigenvalue weighted by Crippen LogP contribution is 2.50. The minimum atomic E-state index is -0.911. The predicted molar refractivity (Wildman–Crippen MR) is 109 cm³/mol. The lowest BCUT2D eigenvalue weighted by Crippen LogP contribution is -2.69. The number of rotatable bonds is 3. The number of ether oxygens (including phenoxy) is 1. The Morgan fingerprint density at radius 1 is 0.966 bits per heavy atom. The first kappa shape index (κ1) is 18.2. The van der Waals surface area contributed by atoms with Crippen LogP contribution in [0.1, 0.15) is 49.1 Å². The normalized spacial score (nSPS) is 21.9. The second-order valence-electron chi connectivity index (χ2n) is 8.60. The number of hydrogen-bond acceptors (Lipinski definition) is 3. The summed E-state index contributed by atoms with van der Waals surface area (Å²) in [7, 11) is 0. The summed E-state index contributed by atoms with van der Waals surface area (Å²) < 4.78 is 5.68. The molecule has 1 unspecified atom stereocenters. The summed E-state index contributed by atoms with van der Waals surface area (Å²) in [4.78, 5) is 26.1. The third kappa shape index (κ3) is 2.83. The van der Waals surface area contributed by atoms with Crippen LogP contribution in [0.2, 0.25) is 0 Å². The Morgan fingerprint density at radius 3 is 2.14 bits per heavy atom. The van der Waals surface area contributed by atoms with E-state index in [2.05, 4.69) is 24.3 Å². The maximum atomic E-state index is 12.8. The van der Waals surface area contributed by atoms with Crippen LogP contribution in [0.4, 0.5) is 4.79 Å². The van der Waals surface area contributed by atoms with Gasteiger partial charge in [-0.25, -0.2) is 9.59 Å². The van der Waals surface area contributed by atoms with Crippen LogP contribution in [0, 0.1) is 5.41 Å². The van der Waals surface area contributed by atoms with Crippen molar-refractivity contribution < 1.29 is 19.4 Å². The molecule has 1 amide bonds. The van der Waals surface area contributed by atoms with Gasteiger partial charge in [-0.05, 0) is 35.1 Å². The van der Waals surface area contributed by atoms with Gasteiger partial charge in [0.2, 0.25) is 0 Å². The summed E-state index contributed by atoms with van der Waals surface area (Å²) >= 11 is 0. The lowest BCUT2D eigenvalue weighted by atomic mass is 9.63. The Kier molecular flexibility index (Phi) is 4.34. The van der Waals surface area contributed by atoms with Crippen molar-refractivity contribution in [1.82, 2.24) is 4.90 Å². The first-order chi connectivity index (χ1) is 14.1. The van der Waals surface area contributed by atoms with E-state index in [1.165, 1.54) is 16.0 Å². The topological polar surface area (TPSA) is 66.8 Å². The Labute approximate surface area is 170 Å². The first-order valence-corrected chi connectivity index (χ1v) is 10.5. The van der Waals surface area contributed by atoms with Crippen molar-refractivity contribution in [1.29, 1.82) is 0 Å². The second-order valence-corrected chi connectivity index (χ2v) is 8.60. The van der Waals surface area contributed by atoms with Crippen LogP contribution >= 0.6 is 0 Å². The van der Waals surface area contributed by atoms with Crippen LogP contribution in [-0.2, 0) is 9.53 Å². The molecule has 2 aromatic rings. The number of carbonyl (C=O) groups excluding carboxylic acids is 1. The molecular formula is C24H25NO4. The molecule has 2 aromatic carbocycles. The molecule has 3 aliphatic rings. The molecule has 2 fully saturated rings. The van der Waals surface area contributed by atoms with Gasteiger partial charge in [0.05, 0.1) is 0 Å². The van der Waals surface area contributed by atoms with Gasteiger partial charge in [-0.15, -0.1) is 0 Å². The third-order valence-corrected chi connectivity index (χ3v) is 7.03. The van der Waals surface area contributed by atoms with E-state index in [-0.39, 0.29) is 17.9 Å². The number of fused-ring (bicyclic) bond motifs is 3. The number of benzene rings is 2. The molecule has 1 saturated carbocycles. The van der Waals surface area contributed by atoms with E-state index in [4.69, 9.17) is 4.74 Å². The molecule has 1 saturated heterocycles. The van der Waals surface area contributed by atoms with E-state index in [0.717, 1.165) is 43.2 Å². The van der Waals surface area contributed by atoms with Crippen LogP contribution in [-0.4, -0.2) is 41.3 Å². The van der Waals surface area contributed by atoms with Crippen molar-refractivity contribution in [2.75, 3.05) is 13.2 Å².